The normalized spacial score (nSPS) is 12.4. The van der Waals surface area contributed by atoms with Gasteiger partial charge in [0.05, 0.1) is 0 Å². The van der Waals surface area contributed by atoms with Crippen molar-refractivity contribution in [3.05, 3.63) is 34.3 Å². The van der Waals surface area contributed by atoms with Crippen LogP contribution < -0.4 is 11.5 Å². The predicted molar refractivity (Wildman–Crippen MR) is 64.1 cm³/mol. The molecule has 0 heterocycles. The highest BCUT2D eigenvalue weighted by molar-refractivity contribution is 9.10. The average molecular weight is 271 g/mol. The molecule has 4 N–H and O–H groups in total. The van der Waals surface area contributed by atoms with Gasteiger partial charge in [0.25, 0.3) is 0 Å². The smallest absolute Gasteiger partial charge is 0.217 e. The molecule has 0 saturated carbocycles. The number of benzene rings is 1. The Labute approximate surface area is 98.0 Å². The summed E-state index contributed by atoms with van der Waals surface area (Å²) in [5, 5.41) is 0. The predicted octanol–water partition coefficient (Wildman–Crippen LogP) is 2.10. The molecule has 0 radical (unpaired) electrons. The van der Waals surface area contributed by atoms with Crippen LogP contribution >= 0.6 is 15.9 Å². The Balaban J connectivity index is 2.43. The number of carbonyl (C=O) groups excluding carboxylic acids is 1. The van der Waals surface area contributed by atoms with Crippen LogP contribution in [0.25, 0.3) is 0 Å². The largest absolute Gasteiger partial charge is 0.370 e. The Morgan fingerprint density at radius 1 is 1.33 bits per heavy atom. The van der Waals surface area contributed by atoms with Gasteiger partial charge >= 0.3 is 0 Å². The minimum atomic E-state index is -0.266. The molecule has 1 aromatic carbocycles. The zero-order valence-corrected chi connectivity index (χ0v) is 10.0. The Hall–Kier alpha value is -0.870. The van der Waals surface area contributed by atoms with E-state index in [1.807, 2.05) is 24.3 Å². The Bertz CT molecular complexity index is 324. The molecular formula is C11H15BrN2O. The highest BCUT2D eigenvalue weighted by atomic mass is 79.9. The van der Waals surface area contributed by atoms with Crippen LogP contribution in [0, 0.1) is 0 Å². The molecule has 0 aliphatic carbocycles. The lowest BCUT2D eigenvalue weighted by Crippen LogP contribution is -2.13. The summed E-state index contributed by atoms with van der Waals surface area (Å²) in [7, 11) is 0. The van der Waals surface area contributed by atoms with Crippen molar-refractivity contribution in [3.63, 3.8) is 0 Å². The molecule has 0 aliphatic heterocycles. The van der Waals surface area contributed by atoms with Crippen LogP contribution in [0.2, 0.25) is 0 Å². The molecule has 1 unspecified atom stereocenters. The molecule has 0 aliphatic rings. The van der Waals surface area contributed by atoms with Crippen LogP contribution in [0.1, 0.15) is 30.9 Å². The maximum absolute atomic E-state index is 10.5. The van der Waals surface area contributed by atoms with Crippen LogP contribution in [0.4, 0.5) is 0 Å². The van der Waals surface area contributed by atoms with E-state index in [0.29, 0.717) is 6.42 Å². The summed E-state index contributed by atoms with van der Waals surface area (Å²) in [4.78, 5) is 10.5. The minimum absolute atomic E-state index is 0.0163. The number of hydrogen-bond donors (Lipinski definition) is 2. The van der Waals surface area contributed by atoms with Crippen molar-refractivity contribution >= 4 is 21.8 Å². The number of carbonyl (C=O) groups is 1. The molecule has 4 heteroatoms. The van der Waals surface area contributed by atoms with E-state index in [1.165, 1.54) is 0 Å². The number of halogens is 1. The lowest BCUT2D eigenvalue weighted by Gasteiger charge is -2.11. The second kappa shape index (κ2) is 5.88. The first kappa shape index (κ1) is 12.2. The third-order valence-electron chi connectivity index (χ3n) is 2.24. The third-order valence-corrected chi connectivity index (χ3v) is 2.77. The highest BCUT2D eigenvalue weighted by Gasteiger charge is 2.06. The summed E-state index contributed by atoms with van der Waals surface area (Å²) >= 11 is 3.36. The van der Waals surface area contributed by atoms with Crippen LogP contribution in [0.15, 0.2) is 28.7 Å². The quantitative estimate of drug-likeness (QED) is 0.861. The van der Waals surface area contributed by atoms with Gasteiger partial charge in [0.1, 0.15) is 0 Å². The SMILES string of the molecule is NC(=O)CCCC(N)c1ccc(Br)cc1. The molecule has 3 nitrogen and oxygen atoms in total. The van der Waals surface area contributed by atoms with Gasteiger partial charge in [0, 0.05) is 16.9 Å². The number of primary amides is 1. The molecule has 0 bridgehead atoms. The maximum atomic E-state index is 10.5. The summed E-state index contributed by atoms with van der Waals surface area (Å²) in [6.45, 7) is 0. The lowest BCUT2D eigenvalue weighted by atomic mass is 10.0. The summed E-state index contributed by atoms with van der Waals surface area (Å²) in [6, 6.07) is 7.88. The maximum Gasteiger partial charge on any atom is 0.217 e. The van der Waals surface area contributed by atoms with Gasteiger partial charge < -0.3 is 11.5 Å². The van der Waals surface area contributed by atoms with E-state index in [2.05, 4.69) is 15.9 Å². The van der Waals surface area contributed by atoms with Crippen molar-refractivity contribution in [1.82, 2.24) is 0 Å². The molecule has 1 atom stereocenters. The highest BCUT2D eigenvalue weighted by Crippen LogP contribution is 2.19. The standard InChI is InChI=1S/C11H15BrN2O/c12-9-6-4-8(5-7-9)10(13)2-1-3-11(14)15/h4-7,10H,1-3,13H2,(H2,14,15). The van der Waals surface area contributed by atoms with Crippen molar-refractivity contribution in [3.8, 4) is 0 Å². The van der Waals surface area contributed by atoms with Crippen LogP contribution in [0.5, 0.6) is 0 Å². The lowest BCUT2D eigenvalue weighted by molar-refractivity contribution is -0.118. The van der Waals surface area contributed by atoms with Gasteiger partial charge in [-0.3, -0.25) is 4.79 Å². The van der Waals surface area contributed by atoms with E-state index >= 15 is 0 Å². The van der Waals surface area contributed by atoms with Crippen molar-refractivity contribution in [2.45, 2.75) is 25.3 Å². The zero-order valence-electron chi connectivity index (χ0n) is 8.45. The minimum Gasteiger partial charge on any atom is -0.370 e. The van der Waals surface area contributed by atoms with Gasteiger partial charge in [-0.2, -0.15) is 0 Å². The molecule has 0 aromatic heterocycles. The summed E-state index contributed by atoms with van der Waals surface area (Å²) in [5.41, 5.74) is 12.1. The van der Waals surface area contributed by atoms with E-state index in [0.717, 1.165) is 22.9 Å². The number of nitrogens with two attached hydrogens (primary N) is 2. The zero-order chi connectivity index (χ0) is 11.3. The first-order valence-corrected chi connectivity index (χ1v) is 5.68. The average Bonchev–Trinajstić information content (AvgIpc) is 2.18. The molecule has 1 amide bonds. The van der Waals surface area contributed by atoms with Crippen LogP contribution in [-0.4, -0.2) is 5.91 Å². The Morgan fingerprint density at radius 3 is 2.47 bits per heavy atom. The van der Waals surface area contributed by atoms with E-state index in [9.17, 15) is 4.79 Å². The molecule has 0 fully saturated rings. The number of amides is 1. The number of rotatable bonds is 5. The van der Waals surface area contributed by atoms with Crippen molar-refractivity contribution in [2.75, 3.05) is 0 Å². The van der Waals surface area contributed by atoms with E-state index in [-0.39, 0.29) is 11.9 Å². The fourth-order valence-corrected chi connectivity index (χ4v) is 1.64. The molecule has 1 rings (SSSR count). The monoisotopic (exact) mass is 270 g/mol. The molecule has 0 spiro atoms. The van der Waals surface area contributed by atoms with Crippen molar-refractivity contribution in [1.29, 1.82) is 0 Å². The van der Waals surface area contributed by atoms with Gasteiger partial charge in [-0.15, -0.1) is 0 Å². The van der Waals surface area contributed by atoms with Crippen molar-refractivity contribution < 1.29 is 4.79 Å². The number of hydrogen-bond acceptors (Lipinski definition) is 2. The van der Waals surface area contributed by atoms with E-state index in [1.54, 1.807) is 0 Å². The molecule has 1 aromatic rings. The Morgan fingerprint density at radius 2 is 1.93 bits per heavy atom. The van der Waals surface area contributed by atoms with Gasteiger partial charge in [0.15, 0.2) is 0 Å². The third kappa shape index (κ3) is 4.44. The van der Waals surface area contributed by atoms with Crippen LogP contribution in [-0.2, 0) is 4.79 Å². The molecular weight excluding hydrogens is 256 g/mol. The second-order valence-electron chi connectivity index (χ2n) is 3.52. The topological polar surface area (TPSA) is 69.1 Å². The molecule has 82 valence electrons. The fourth-order valence-electron chi connectivity index (χ4n) is 1.37. The van der Waals surface area contributed by atoms with Gasteiger partial charge in [-0.05, 0) is 30.5 Å². The summed E-state index contributed by atoms with van der Waals surface area (Å²) in [5.74, 6) is -0.266. The van der Waals surface area contributed by atoms with E-state index < -0.39 is 0 Å². The van der Waals surface area contributed by atoms with E-state index in [4.69, 9.17) is 11.5 Å². The first-order valence-electron chi connectivity index (χ1n) is 4.89. The van der Waals surface area contributed by atoms with Gasteiger partial charge in [0.2, 0.25) is 5.91 Å². The summed E-state index contributed by atoms with van der Waals surface area (Å²) < 4.78 is 1.04. The fraction of sp³-hybridized carbons (Fsp3) is 0.364. The molecule has 15 heavy (non-hydrogen) atoms. The Kier molecular flexibility index (Phi) is 4.78. The molecule has 0 saturated heterocycles. The first-order chi connectivity index (χ1) is 7.09. The second-order valence-corrected chi connectivity index (χ2v) is 4.43. The van der Waals surface area contributed by atoms with Crippen LogP contribution in [0.3, 0.4) is 0 Å². The van der Waals surface area contributed by atoms with Gasteiger partial charge in [-0.25, -0.2) is 0 Å². The summed E-state index contributed by atoms with van der Waals surface area (Å²) in [6.07, 6.45) is 1.93. The van der Waals surface area contributed by atoms with Gasteiger partial charge in [-0.1, -0.05) is 28.1 Å². The van der Waals surface area contributed by atoms with Crippen molar-refractivity contribution in [2.24, 2.45) is 11.5 Å².